The second kappa shape index (κ2) is 8.23. The van der Waals surface area contributed by atoms with Crippen molar-refractivity contribution in [1.82, 2.24) is 15.1 Å². The van der Waals surface area contributed by atoms with E-state index in [0.29, 0.717) is 0 Å². The molecule has 1 unspecified atom stereocenters. The summed E-state index contributed by atoms with van der Waals surface area (Å²) >= 11 is 0. The summed E-state index contributed by atoms with van der Waals surface area (Å²) < 4.78 is 0. The second-order valence-electron chi connectivity index (χ2n) is 6.62. The maximum Gasteiger partial charge on any atom is 0.00798 e. The summed E-state index contributed by atoms with van der Waals surface area (Å²) in [7, 11) is 2.25. The Bertz CT molecular complexity index is 236. The van der Waals surface area contributed by atoms with E-state index in [1.807, 2.05) is 0 Å². The molecule has 3 heteroatoms. The summed E-state index contributed by atoms with van der Waals surface area (Å²) in [6.45, 7) is 10.1. The van der Waals surface area contributed by atoms with E-state index in [0.717, 1.165) is 12.0 Å². The molecular formula is C16H33N3. The Morgan fingerprint density at radius 1 is 1.00 bits per heavy atom. The first kappa shape index (κ1) is 15.3. The molecule has 112 valence electrons. The zero-order valence-electron chi connectivity index (χ0n) is 13.0. The lowest BCUT2D eigenvalue weighted by molar-refractivity contribution is 0.211. The third kappa shape index (κ3) is 5.41. The summed E-state index contributed by atoms with van der Waals surface area (Å²) in [5.41, 5.74) is 0. The first-order valence-electron chi connectivity index (χ1n) is 8.42. The Labute approximate surface area is 119 Å². The predicted octanol–water partition coefficient (Wildman–Crippen LogP) is 2.18. The molecule has 0 radical (unpaired) electrons. The number of piperidine rings is 1. The fourth-order valence-corrected chi connectivity index (χ4v) is 3.50. The number of rotatable bonds is 5. The van der Waals surface area contributed by atoms with Gasteiger partial charge in [0.05, 0.1) is 0 Å². The van der Waals surface area contributed by atoms with E-state index in [2.05, 4.69) is 29.1 Å². The summed E-state index contributed by atoms with van der Waals surface area (Å²) in [6.07, 6.45) is 8.19. The summed E-state index contributed by atoms with van der Waals surface area (Å²) in [6, 6.07) is 0.779. The highest BCUT2D eigenvalue weighted by Crippen LogP contribution is 2.17. The molecule has 2 aliphatic rings. The largest absolute Gasteiger partial charge is 0.314 e. The minimum absolute atomic E-state index is 0.779. The standard InChI is InChI=1S/C16H33N3/c1-3-9-19-10-4-5-16(8-13-19)17-14-15-6-11-18(2)12-7-15/h15-17H,3-14H2,1-2H3. The van der Waals surface area contributed by atoms with Crippen molar-refractivity contribution in [2.75, 3.05) is 46.3 Å². The number of hydrogen-bond acceptors (Lipinski definition) is 3. The molecule has 1 atom stereocenters. The fourth-order valence-electron chi connectivity index (χ4n) is 3.50. The zero-order valence-corrected chi connectivity index (χ0v) is 13.0. The van der Waals surface area contributed by atoms with Crippen LogP contribution in [0.4, 0.5) is 0 Å². The molecule has 3 nitrogen and oxygen atoms in total. The SMILES string of the molecule is CCCN1CCCC(NCC2CCN(C)CC2)CC1. The summed E-state index contributed by atoms with van der Waals surface area (Å²) in [4.78, 5) is 5.11. The van der Waals surface area contributed by atoms with E-state index >= 15 is 0 Å². The third-order valence-electron chi connectivity index (χ3n) is 4.89. The van der Waals surface area contributed by atoms with Gasteiger partial charge >= 0.3 is 0 Å². The Morgan fingerprint density at radius 3 is 2.53 bits per heavy atom. The first-order valence-corrected chi connectivity index (χ1v) is 8.42. The smallest absolute Gasteiger partial charge is 0.00798 e. The Balaban J connectivity index is 1.63. The molecule has 0 aromatic rings. The Hall–Kier alpha value is -0.120. The number of nitrogens with one attached hydrogen (secondary N) is 1. The van der Waals surface area contributed by atoms with Crippen LogP contribution >= 0.6 is 0 Å². The first-order chi connectivity index (χ1) is 9.28. The lowest BCUT2D eigenvalue weighted by Crippen LogP contribution is -2.39. The number of hydrogen-bond donors (Lipinski definition) is 1. The number of likely N-dealkylation sites (tertiary alicyclic amines) is 2. The van der Waals surface area contributed by atoms with Gasteiger partial charge in [0.2, 0.25) is 0 Å². The van der Waals surface area contributed by atoms with Crippen LogP contribution in [0.25, 0.3) is 0 Å². The van der Waals surface area contributed by atoms with Crippen molar-refractivity contribution in [3.63, 3.8) is 0 Å². The van der Waals surface area contributed by atoms with Crippen LogP contribution in [-0.2, 0) is 0 Å². The average Bonchev–Trinajstić information content (AvgIpc) is 2.64. The average molecular weight is 267 g/mol. The van der Waals surface area contributed by atoms with Crippen molar-refractivity contribution in [1.29, 1.82) is 0 Å². The molecule has 0 aliphatic carbocycles. The molecule has 2 rings (SSSR count). The highest BCUT2D eigenvalue weighted by atomic mass is 15.1. The highest BCUT2D eigenvalue weighted by Gasteiger charge is 2.20. The summed E-state index contributed by atoms with van der Waals surface area (Å²) in [5, 5.41) is 3.86. The van der Waals surface area contributed by atoms with Crippen LogP contribution in [0.1, 0.15) is 45.4 Å². The minimum Gasteiger partial charge on any atom is -0.314 e. The second-order valence-corrected chi connectivity index (χ2v) is 6.62. The lowest BCUT2D eigenvalue weighted by atomic mass is 9.96. The van der Waals surface area contributed by atoms with Gasteiger partial charge in [0, 0.05) is 6.04 Å². The van der Waals surface area contributed by atoms with Crippen LogP contribution in [0, 0.1) is 5.92 Å². The van der Waals surface area contributed by atoms with Crippen molar-refractivity contribution in [3.05, 3.63) is 0 Å². The predicted molar refractivity (Wildman–Crippen MR) is 82.6 cm³/mol. The van der Waals surface area contributed by atoms with Gasteiger partial charge in [-0.2, -0.15) is 0 Å². The minimum atomic E-state index is 0.779. The molecule has 19 heavy (non-hydrogen) atoms. The van der Waals surface area contributed by atoms with Gasteiger partial charge in [0.25, 0.3) is 0 Å². The van der Waals surface area contributed by atoms with E-state index in [-0.39, 0.29) is 0 Å². The van der Waals surface area contributed by atoms with E-state index < -0.39 is 0 Å². The van der Waals surface area contributed by atoms with Gasteiger partial charge in [-0.3, -0.25) is 0 Å². The van der Waals surface area contributed by atoms with E-state index in [4.69, 9.17) is 0 Å². The van der Waals surface area contributed by atoms with Crippen molar-refractivity contribution in [2.24, 2.45) is 5.92 Å². The molecule has 1 N–H and O–H groups in total. The third-order valence-corrected chi connectivity index (χ3v) is 4.89. The van der Waals surface area contributed by atoms with Crippen molar-refractivity contribution in [2.45, 2.75) is 51.5 Å². The quantitative estimate of drug-likeness (QED) is 0.824. The van der Waals surface area contributed by atoms with Crippen molar-refractivity contribution >= 4 is 0 Å². The van der Waals surface area contributed by atoms with Crippen LogP contribution in [0.5, 0.6) is 0 Å². The van der Waals surface area contributed by atoms with E-state index in [9.17, 15) is 0 Å². The maximum atomic E-state index is 3.86. The van der Waals surface area contributed by atoms with E-state index in [1.54, 1.807) is 0 Å². The Kier molecular flexibility index (Phi) is 6.62. The van der Waals surface area contributed by atoms with E-state index in [1.165, 1.54) is 77.8 Å². The topological polar surface area (TPSA) is 18.5 Å². The highest BCUT2D eigenvalue weighted by molar-refractivity contribution is 4.78. The zero-order chi connectivity index (χ0) is 13.5. The van der Waals surface area contributed by atoms with Gasteiger partial charge in [0.1, 0.15) is 0 Å². The van der Waals surface area contributed by atoms with Crippen molar-refractivity contribution < 1.29 is 0 Å². The van der Waals surface area contributed by atoms with Crippen LogP contribution in [0.2, 0.25) is 0 Å². The molecule has 2 aliphatic heterocycles. The van der Waals surface area contributed by atoms with Crippen LogP contribution in [-0.4, -0.2) is 62.2 Å². The Morgan fingerprint density at radius 2 is 1.79 bits per heavy atom. The number of nitrogens with zero attached hydrogens (tertiary/aromatic N) is 2. The molecule has 0 aromatic carbocycles. The lowest BCUT2D eigenvalue weighted by Gasteiger charge is -2.30. The summed E-state index contributed by atoms with van der Waals surface area (Å²) in [5.74, 6) is 0.922. The van der Waals surface area contributed by atoms with Crippen LogP contribution < -0.4 is 5.32 Å². The van der Waals surface area contributed by atoms with Crippen LogP contribution in [0.15, 0.2) is 0 Å². The fraction of sp³-hybridized carbons (Fsp3) is 1.00. The molecule has 2 saturated heterocycles. The van der Waals surface area contributed by atoms with Crippen LogP contribution in [0.3, 0.4) is 0 Å². The maximum absolute atomic E-state index is 3.86. The van der Waals surface area contributed by atoms with Gasteiger partial charge in [-0.05, 0) is 90.8 Å². The van der Waals surface area contributed by atoms with Crippen molar-refractivity contribution in [3.8, 4) is 0 Å². The van der Waals surface area contributed by atoms with Gasteiger partial charge in [0.15, 0.2) is 0 Å². The molecular weight excluding hydrogens is 234 g/mol. The molecule has 2 fully saturated rings. The van der Waals surface area contributed by atoms with Gasteiger partial charge in [-0.1, -0.05) is 6.92 Å². The van der Waals surface area contributed by atoms with Gasteiger partial charge < -0.3 is 15.1 Å². The normalized spacial score (nSPS) is 28.4. The molecule has 0 spiro atoms. The molecule has 2 heterocycles. The molecule has 0 saturated carbocycles. The van der Waals surface area contributed by atoms with Gasteiger partial charge in [-0.25, -0.2) is 0 Å². The monoisotopic (exact) mass is 267 g/mol. The molecule has 0 bridgehead atoms. The molecule has 0 aromatic heterocycles. The van der Waals surface area contributed by atoms with Gasteiger partial charge in [-0.15, -0.1) is 0 Å². The molecule has 0 amide bonds.